The topological polar surface area (TPSA) is 17.8 Å². The molecule has 0 bridgehead atoms. The fourth-order valence-corrected chi connectivity index (χ4v) is 1.92. The van der Waals surface area contributed by atoms with Crippen molar-refractivity contribution in [3.8, 4) is 12.3 Å². The fourth-order valence-electron chi connectivity index (χ4n) is 1.92. The first-order valence-electron chi connectivity index (χ1n) is 4.35. The average molecular weight is 160 g/mol. The first-order chi connectivity index (χ1) is 5.87. The van der Waals surface area contributed by atoms with Crippen LogP contribution in [0.1, 0.15) is 25.7 Å². The van der Waals surface area contributed by atoms with Crippen molar-refractivity contribution in [3.05, 3.63) is 18.5 Å². The Hall–Kier alpha value is -1.23. The van der Waals surface area contributed by atoms with Gasteiger partial charge in [0.25, 0.3) is 0 Å². The third kappa shape index (κ3) is 0.937. The van der Waals surface area contributed by atoms with Gasteiger partial charge in [-0.2, -0.15) is 5.10 Å². The molecule has 0 spiro atoms. The minimum atomic E-state index is -0.108. The monoisotopic (exact) mass is 160 g/mol. The molecular formula is C10H12N2. The van der Waals surface area contributed by atoms with E-state index in [1.165, 1.54) is 12.8 Å². The lowest BCUT2D eigenvalue weighted by Gasteiger charge is -2.22. The van der Waals surface area contributed by atoms with Gasteiger partial charge in [0.05, 0.1) is 0 Å². The Morgan fingerprint density at radius 2 is 2.17 bits per heavy atom. The van der Waals surface area contributed by atoms with Gasteiger partial charge in [-0.15, -0.1) is 6.42 Å². The van der Waals surface area contributed by atoms with Crippen LogP contribution < -0.4 is 0 Å². The van der Waals surface area contributed by atoms with Gasteiger partial charge >= 0.3 is 0 Å². The van der Waals surface area contributed by atoms with E-state index in [1.54, 1.807) is 6.20 Å². The normalized spacial score (nSPS) is 20.6. The van der Waals surface area contributed by atoms with Crippen molar-refractivity contribution < 1.29 is 0 Å². The van der Waals surface area contributed by atoms with Crippen LogP contribution in [0.3, 0.4) is 0 Å². The zero-order valence-corrected chi connectivity index (χ0v) is 7.03. The van der Waals surface area contributed by atoms with Crippen LogP contribution in [-0.2, 0) is 5.54 Å². The molecule has 0 N–H and O–H groups in total. The van der Waals surface area contributed by atoms with Crippen LogP contribution >= 0.6 is 0 Å². The molecule has 0 radical (unpaired) electrons. The zero-order valence-electron chi connectivity index (χ0n) is 7.03. The molecule has 0 aliphatic heterocycles. The number of rotatable bonds is 1. The summed E-state index contributed by atoms with van der Waals surface area (Å²) in [5.41, 5.74) is -0.108. The molecule has 1 fully saturated rings. The molecular weight excluding hydrogens is 148 g/mol. The predicted octanol–water partition coefficient (Wildman–Crippen LogP) is 1.79. The van der Waals surface area contributed by atoms with Gasteiger partial charge in [-0.3, -0.25) is 4.68 Å². The van der Waals surface area contributed by atoms with E-state index in [-0.39, 0.29) is 5.54 Å². The molecule has 1 aromatic heterocycles. The van der Waals surface area contributed by atoms with Gasteiger partial charge in [-0.1, -0.05) is 5.92 Å². The maximum Gasteiger partial charge on any atom is 0.122 e. The molecule has 0 aromatic carbocycles. The van der Waals surface area contributed by atoms with Crippen LogP contribution in [0.5, 0.6) is 0 Å². The highest BCUT2D eigenvalue weighted by molar-refractivity contribution is 5.12. The third-order valence-corrected chi connectivity index (χ3v) is 2.64. The van der Waals surface area contributed by atoms with Crippen LogP contribution in [0, 0.1) is 12.3 Å². The van der Waals surface area contributed by atoms with E-state index >= 15 is 0 Å². The lowest BCUT2D eigenvalue weighted by molar-refractivity contribution is 0.360. The molecule has 2 heteroatoms. The summed E-state index contributed by atoms with van der Waals surface area (Å²) in [5.74, 6) is 2.88. The first-order valence-corrected chi connectivity index (χ1v) is 4.35. The van der Waals surface area contributed by atoms with E-state index in [9.17, 15) is 0 Å². The quantitative estimate of drug-likeness (QED) is 0.573. The Labute approximate surface area is 72.6 Å². The molecule has 0 amide bonds. The summed E-state index contributed by atoms with van der Waals surface area (Å²) in [7, 11) is 0. The van der Waals surface area contributed by atoms with Crippen molar-refractivity contribution in [3.63, 3.8) is 0 Å². The van der Waals surface area contributed by atoms with Crippen molar-refractivity contribution in [1.29, 1.82) is 0 Å². The van der Waals surface area contributed by atoms with Crippen LogP contribution in [0.25, 0.3) is 0 Å². The van der Waals surface area contributed by atoms with Gasteiger partial charge in [-0.05, 0) is 31.7 Å². The Balaban J connectivity index is 2.36. The molecule has 2 rings (SSSR count). The summed E-state index contributed by atoms with van der Waals surface area (Å²) in [4.78, 5) is 0. The molecule has 12 heavy (non-hydrogen) atoms. The van der Waals surface area contributed by atoms with Gasteiger partial charge in [0.2, 0.25) is 0 Å². The molecule has 0 atom stereocenters. The largest absolute Gasteiger partial charge is 0.255 e. The Morgan fingerprint density at radius 1 is 1.42 bits per heavy atom. The van der Waals surface area contributed by atoms with E-state index in [0.717, 1.165) is 12.8 Å². The van der Waals surface area contributed by atoms with Gasteiger partial charge in [0, 0.05) is 12.4 Å². The maximum absolute atomic E-state index is 5.55. The summed E-state index contributed by atoms with van der Waals surface area (Å²) in [5, 5.41) is 4.22. The van der Waals surface area contributed by atoms with E-state index < -0.39 is 0 Å². The van der Waals surface area contributed by atoms with Crippen molar-refractivity contribution in [1.82, 2.24) is 9.78 Å². The maximum atomic E-state index is 5.55. The standard InChI is InChI=1S/C10H12N2/c1-2-10(6-3-4-7-10)12-9-5-8-11-12/h1,5,8-9H,3-4,6-7H2. The van der Waals surface area contributed by atoms with E-state index in [2.05, 4.69) is 11.0 Å². The second-order valence-electron chi connectivity index (χ2n) is 3.33. The van der Waals surface area contributed by atoms with E-state index in [1.807, 2.05) is 16.9 Å². The molecule has 1 aliphatic carbocycles. The Bertz CT molecular complexity index is 286. The number of nitrogens with zero attached hydrogens (tertiary/aromatic N) is 2. The smallest absolute Gasteiger partial charge is 0.122 e. The van der Waals surface area contributed by atoms with Crippen molar-refractivity contribution >= 4 is 0 Å². The molecule has 0 saturated heterocycles. The summed E-state index contributed by atoms with van der Waals surface area (Å²) in [6.07, 6.45) is 13.9. The van der Waals surface area contributed by atoms with Crippen molar-refractivity contribution in [2.24, 2.45) is 0 Å². The van der Waals surface area contributed by atoms with Gasteiger partial charge < -0.3 is 0 Å². The minimum absolute atomic E-state index is 0.108. The van der Waals surface area contributed by atoms with E-state index in [4.69, 9.17) is 6.42 Å². The number of hydrogen-bond acceptors (Lipinski definition) is 1. The summed E-state index contributed by atoms with van der Waals surface area (Å²) < 4.78 is 1.93. The number of hydrogen-bond donors (Lipinski definition) is 0. The Kier molecular flexibility index (Phi) is 1.65. The average Bonchev–Trinajstić information content (AvgIpc) is 2.76. The zero-order chi connectivity index (χ0) is 8.44. The molecule has 62 valence electrons. The summed E-state index contributed by atoms with van der Waals surface area (Å²) in [6.45, 7) is 0. The SMILES string of the molecule is C#CC1(n2cccn2)CCCC1. The van der Waals surface area contributed by atoms with Gasteiger partial charge in [0.15, 0.2) is 0 Å². The third-order valence-electron chi connectivity index (χ3n) is 2.64. The van der Waals surface area contributed by atoms with Gasteiger partial charge in [-0.25, -0.2) is 0 Å². The van der Waals surface area contributed by atoms with Crippen LogP contribution in [0.15, 0.2) is 18.5 Å². The number of terminal acetylenes is 1. The lowest BCUT2D eigenvalue weighted by Crippen LogP contribution is -2.28. The second-order valence-corrected chi connectivity index (χ2v) is 3.33. The predicted molar refractivity (Wildman–Crippen MR) is 47.5 cm³/mol. The van der Waals surface area contributed by atoms with Crippen LogP contribution in [0.2, 0.25) is 0 Å². The molecule has 2 nitrogen and oxygen atoms in total. The van der Waals surface area contributed by atoms with Crippen LogP contribution in [0.4, 0.5) is 0 Å². The second kappa shape index (κ2) is 2.67. The van der Waals surface area contributed by atoms with Crippen LogP contribution in [-0.4, -0.2) is 9.78 Å². The highest BCUT2D eigenvalue weighted by Crippen LogP contribution is 2.34. The summed E-state index contributed by atoms with van der Waals surface area (Å²) >= 11 is 0. The number of aromatic nitrogens is 2. The molecule has 0 unspecified atom stereocenters. The lowest BCUT2D eigenvalue weighted by atomic mass is 10.00. The minimum Gasteiger partial charge on any atom is -0.255 e. The molecule has 1 aromatic rings. The highest BCUT2D eigenvalue weighted by Gasteiger charge is 2.33. The molecule has 1 saturated carbocycles. The van der Waals surface area contributed by atoms with Gasteiger partial charge in [0.1, 0.15) is 5.54 Å². The van der Waals surface area contributed by atoms with Crippen molar-refractivity contribution in [2.45, 2.75) is 31.2 Å². The molecule has 1 heterocycles. The molecule has 1 aliphatic rings. The van der Waals surface area contributed by atoms with E-state index in [0.29, 0.717) is 0 Å². The van der Waals surface area contributed by atoms with Crippen molar-refractivity contribution in [2.75, 3.05) is 0 Å². The first kappa shape index (κ1) is 7.42. The summed E-state index contributed by atoms with van der Waals surface area (Å²) in [6, 6.07) is 1.93. The highest BCUT2D eigenvalue weighted by atomic mass is 15.3. The fraction of sp³-hybridized carbons (Fsp3) is 0.500. The Morgan fingerprint density at radius 3 is 2.67 bits per heavy atom.